The van der Waals surface area contributed by atoms with Crippen molar-refractivity contribution in [3.8, 4) is 0 Å². The van der Waals surface area contributed by atoms with Gasteiger partial charge in [0, 0.05) is 18.7 Å². The van der Waals surface area contributed by atoms with Gasteiger partial charge < -0.3 is 88.2 Å². The Bertz CT molecular complexity index is 2550. The Morgan fingerprint density at radius 2 is 1.06 bits per heavy atom. The van der Waals surface area contributed by atoms with Gasteiger partial charge in [0.25, 0.3) is 35.2 Å². The molecule has 6 unspecified atom stereocenters. The number of carbonyl (C=O) groups excluding carboxylic acids is 6. The first kappa shape index (κ1) is 54.6. The molecule has 3 rings (SSSR count). The monoisotopic (exact) mass is 984 g/mol. The summed E-state index contributed by atoms with van der Waals surface area (Å²) in [4.78, 5) is 105. The fourth-order valence-electron chi connectivity index (χ4n) is 5.71. The molecule has 0 heterocycles. The highest BCUT2D eigenvalue weighted by molar-refractivity contribution is 5.99. The summed E-state index contributed by atoms with van der Waals surface area (Å²) in [7, 11) is 0. The minimum atomic E-state index is -5.26. The molecule has 0 saturated heterocycles. The van der Waals surface area contributed by atoms with E-state index in [2.05, 4.69) is 30.6 Å². The molecule has 29 nitrogen and oxygen atoms in total. The minimum Gasteiger partial charge on any atom is -0.370 e. The van der Waals surface area contributed by atoms with Crippen LogP contribution in [0, 0.1) is 10.1 Å². The number of halogens is 3. The summed E-state index contributed by atoms with van der Waals surface area (Å²) in [5.74, 6) is -11.7. The Labute approximate surface area is 392 Å². The number of hydrogen-bond donors (Lipinski definition) is 15. The second-order valence-electron chi connectivity index (χ2n) is 13.9. The molecule has 0 saturated carbocycles. The first-order valence-corrected chi connectivity index (χ1v) is 19.5. The van der Waals surface area contributed by atoms with Gasteiger partial charge in [0.1, 0.15) is 6.04 Å². The molecule has 0 aliphatic carbocycles. The number of nitrogens with zero attached hydrogens (tertiary/aromatic N) is 6. The predicted octanol–water partition coefficient (Wildman–Crippen LogP) is -5.34. The van der Waals surface area contributed by atoms with E-state index in [0.29, 0.717) is 16.5 Å². The molecule has 0 fully saturated rings. The van der Waals surface area contributed by atoms with E-state index in [4.69, 9.17) is 51.6 Å². The van der Waals surface area contributed by atoms with Gasteiger partial charge in [-0.05, 0) is 17.2 Å². The third-order valence-corrected chi connectivity index (χ3v) is 8.67. The van der Waals surface area contributed by atoms with Crippen LogP contribution in [-0.2, 0) is 34.9 Å². The van der Waals surface area contributed by atoms with Gasteiger partial charge in [-0.15, -0.1) is 0 Å². The second-order valence-corrected chi connectivity index (χ2v) is 13.9. The van der Waals surface area contributed by atoms with Crippen LogP contribution in [0.25, 0.3) is 6.08 Å². The number of nitrogens with two attached hydrogens (primary N) is 9. The van der Waals surface area contributed by atoms with Crippen molar-refractivity contribution in [3.05, 3.63) is 112 Å². The molecule has 24 N–H and O–H groups in total. The zero-order valence-electron chi connectivity index (χ0n) is 36.1. The van der Waals surface area contributed by atoms with E-state index >= 15 is 0 Å². The molecule has 6 atom stereocenters. The molecule has 6 amide bonds. The summed E-state index contributed by atoms with van der Waals surface area (Å²) in [6, 6.07) is 14.8. The summed E-state index contributed by atoms with van der Waals surface area (Å²) in [5.41, 5.74) is 45.5. The lowest BCUT2D eigenvalue weighted by Gasteiger charge is -2.31. The molecule has 0 aromatic heterocycles. The lowest BCUT2D eigenvalue weighted by atomic mass is 10.1. The number of amides is 6. The van der Waals surface area contributed by atoms with Crippen molar-refractivity contribution in [1.82, 2.24) is 26.6 Å². The highest BCUT2D eigenvalue weighted by Crippen LogP contribution is 2.39. The molecule has 374 valence electrons. The predicted molar refractivity (Wildman–Crippen MR) is 244 cm³/mol. The number of nitro benzene ring substituents is 1. The minimum absolute atomic E-state index is 0.0635. The largest absolute Gasteiger partial charge is 0.418 e. The number of anilines is 1. The normalized spacial score (nSPS) is 13.5. The highest BCUT2D eigenvalue weighted by Gasteiger charge is 2.40. The van der Waals surface area contributed by atoms with Gasteiger partial charge in [-0.25, -0.2) is 20.0 Å². The maximum Gasteiger partial charge on any atom is 0.418 e. The van der Waals surface area contributed by atoms with Crippen LogP contribution in [0.3, 0.4) is 0 Å². The van der Waals surface area contributed by atoms with E-state index in [0.717, 1.165) is 6.07 Å². The Morgan fingerprint density at radius 3 is 1.49 bits per heavy atom. The quantitative estimate of drug-likeness (QED) is 0.0147. The molecule has 0 aliphatic heterocycles. The molecule has 3 aromatic rings. The zero-order chi connectivity index (χ0) is 52.5. The Kier molecular flexibility index (Phi) is 19.2. The van der Waals surface area contributed by atoms with E-state index in [1.165, 1.54) is 42.5 Å². The van der Waals surface area contributed by atoms with Gasteiger partial charge in [-0.3, -0.25) is 38.9 Å². The third kappa shape index (κ3) is 16.6. The third-order valence-electron chi connectivity index (χ3n) is 8.67. The van der Waals surface area contributed by atoms with E-state index in [1.54, 1.807) is 30.3 Å². The standard InChI is InChI=1S/C38H47F3N20O9/c39-38(40,41)20-16-19(61(69)70)13-14-21(20)60(15-7-10-17-8-3-1-4-9-17)33(68)32(67)51-22(18-11-5-2-6-12-18)28(63)53-25(57-35(45)46)30(65)55-27(59-37(49)50)31(66)54-26(58-36(47)48)29(64)52-24(23(42)62)56-34(43)44/h1-14,16,22,24-27,33,68H,15H2,(H2,42,62)(H,51,67)(H,52,64)(H,53,63)(H,54,66)(H,55,65)(H4,43,44,56)(H4,45,46,57)(H4,47,48,58)(H4,49,50,59). The average Bonchev–Trinajstić information content (AvgIpc) is 3.27. The van der Waals surface area contributed by atoms with Crippen LogP contribution in [-0.4, -0.2) is 107 Å². The van der Waals surface area contributed by atoms with Gasteiger partial charge in [-0.2, -0.15) is 13.2 Å². The highest BCUT2D eigenvalue weighted by atomic mass is 19.4. The maximum atomic E-state index is 14.5. The van der Waals surface area contributed by atoms with Crippen LogP contribution in [0.1, 0.15) is 22.7 Å². The van der Waals surface area contributed by atoms with Gasteiger partial charge in [0.15, 0.2) is 23.8 Å². The van der Waals surface area contributed by atoms with Gasteiger partial charge in [-0.1, -0.05) is 72.8 Å². The first-order valence-electron chi connectivity index (χ1n) is 19.5. The first-order chi connectivity index (χ1) is 32.8. The Morgan fingerprint density at radius 1 is 0.629 bits per heavy atom. The van der Waals surface area contributed by atoms with Gasteiger partial charge in [0.2, 0.25) is 36.8 Å². The molecule has 0 bridgehead atoms. The topological polar surface area (TPSA) is 513 Å². The number of benzene rings is 3. The van der Waals surface area contributed by atoms with Crippen molar-refractivity contribution < 1.29 is 52.0 Å². The van der Waals surface area contributed by atoms with Crippen molar-refractivity contribution in [2.24, 2.45) is 71.6 Å². The van der Waals surface area contributed by atoms with E-state index in [-0.39, 0.29) is 11.6 Å². The number of non-ortho nitro benzene ring substituents is 1. The molecular formula is C38H47F3N20O9. The summed E-state index contributed by atoms with van der Waals surface area (Å²) in [5, 5.41) is 33.2. The molecular weight excluding hydrogens is 938 g/mol. The lowest BCUT2D eigenvalue weighted by molar-refractivity contribution is -0.385. The number of alkyl halides is 3. The van der Waals surface area contributed by atoms with Gasteiger partial charge >= 0.3 is 6.18 Å². The maximum absolute atomic E-state index is 14.5. The molecule has 70 heavy (non-hydrogen) atoms. The Hall–Kier alpha value is -9.75. The van der Waals surface area contributed by atoms with E-state index in [9.17, 15) is 57.2 Å². The number of aliphatic imine (C=N–C) groups is 4. The van der Waals surface area contributed by atoms with E-state index in [1.807, 2.05) is 16.0 Å². The van der Waals surface area contributed by atoms with Crippen molar-refractivity contribution in [3.63, 3.8) is 0 Å². The lowest BCUT2D eigenvalue weighted by Crippen LogP contribution is -2.58. The molecule has 32 heteroatoms. The number of primary amides is 1. The number of aliphatic hydroxyl groups is 1. The smallest absolute Gasteiger partial charge is 0.370 e. The number of hydrogen-bond acceptors (Lipinski definition) is 14. The summed E-state index contributed by atoms with van der Waals surface area (Å²) in [6.45, 7) is -0.632. The number of nitrogens with one attached hydrogen (secondary N) is 5. The molecule has 0 spiro atoms. The average molecular weight is 985 g/mol. The molecule has 0 radical (unpaired) electrons. The number of nitro groups is 1. The second kappa shape index (κ2) is 24.7. The fourth-order valence-corrected chi connectivity index (χ4v) is 5.71. The van der Waals surface area contributed by atoms with Crippen LogP contribution in [0.15, 0.2) is 105 Å². The van der Waals surface area contributed by atoms with Crippen LogP contribution < -0.4 is 83.1 Å². The Balaban J connectivity index is 2.02. The summed E-state index contributed by atoms with van der Waals surface area (Å²) >= 11 is 0. The van der Waals surface area contributed by atoms with Gasteiger partial charge in [0.05, 0.1) is 16.2 Å². The summed E-state index contributed by atoms with van der Waals surface area (Å²) in [6.07, 6.45) is -13.7. The van der Waals surface area contributed by atoms with Crippen LogP contribution in [0.4, 0.5) is 24.5 Å². The number of carbonyl (C=O) groups is 6. The number of rotatable bonds is 22. The summed E-state index contributed by atoms with van der Waals surface area (Å²) < 4.78 is 43.4. The number of guanidine groups is 4. The molecule has 3 aromatic carbocycles. The fraction of sp³-hybridized carbons (Fsp3) is 0.211. The van der Waals surface area contributed by atoms with E-state index < -0.39 is 131 Å². The zero-order valence-corrected chi connectivity index (χ0v) is 36.1. The van der Waals surface area contributed by atoms with Crippen LogP contribution >= 0.6 is 0 Å². The van der Waals surface area contributed by atoms with Crippen LogP contribution in [0.5, 0.6) is 0 Å². The SMILES string of the molecule is NC(=O)C(N=C(N)N)NC(=O)C(N=C(N)N)NC(=O)C(N=C(N)N)NC(=O)C(N=C(N)N)NC(=O)C(NC(=O)C(O)N(CC=Cc1ccccc1)c1ccc([N+](=O)[O-])cc1C(F)(F)F)c1ccccc1. The van der Waals surface area contributed by atoms with Crippen molar-refractivity contribution in [2.45, 2.75) is 43.1 Å². The van der Waals surface area contributed by atoms with Crippen molar-refractivity contribution in [2.75, 3.05) is 11.4 Å². The van der Waals surface area contributed by atoms with Crippen molar-refractivity contribution in [1.29, 1.82) is 0 Å². The molecule has 0 aliphatic rings. The van der Waals surface area contributed by atoms with Crippen molar-refractivity contribution >= 4 is 76.7 Å². The number of aliphatic hydroxyl groups excluding tert-OH is 1. The van der Waals surface area contributed by atoms with Crippen LogP contribution in [0.2, 0.25) is 0 Å².